The normalized spacial score (nSPS) is 10.1. The van der Waals surface area contributed by atoms with Crippen LogP contribution in [0, 0.1) is 0 Å². The second-order valence-electron chi connectivity index (χ2n) is 5.40. The van der Waals surface area contributed by atoms with E-state index in [-0.39, 0.29) is 30.9 Å². The summed E-state index contributed by atoms with van der Waals surface area (Å²) in [6.45, 7) is 2.66. The summed E-state index contributed by atoms with van der Waals surface area (Å²) in [7, 11) is -1.57. The van der Waals surface area contributed by atoms with Crippen LogP contribution in [0.25, 0.3) is 0 Å². The summed E-state index contributed by atoms with van der Waals surface area (Å²) in [5, 5.41) is 25.9. The van der Waals surface area contributed by atoms with Crippen LogP contribution in [0.15, 0.2) is 24.3 Å². The van der Waals surface area contributed by atoms with Gasteiger partial charge in [-0.2, -0.15) is 0 Å². The molecule has 0 atom stereocenters. The first-order valence-corrected chi connectivity index (χ1v) is 8.29. The van der Waals surface area contributed by atoms with Crippen LogP contribution < -0.4 is 21.4 Å². The van der Waals surface area contributed by atoms with E-state index in [9.17, 15) is 14.4 Å². The van der Waals surface area contributed by atoms with E-state index in [4.69, 9.17) is 14.8 Å². The van der Waals surface area contributed by atoms with Crippen LogP contribution in [0.1, 0.15) is 23.7 Å². The van der Waals surface area contributed by atoms with Crippen LogP contribution in [0.2, 0.25) is 0 Å². The van der Waals surface area contributed by atoms with Crippen molar-refractivity contribution in [1.29, 1.82) is 0 Å². The Kier molecular flexibility index (Phi) is 9.99. The minimum atomic E-state index is -1.57. The Morgan fingerprint density at radius 3 is 2.12 bits per heavy atom. The van der Waals surface area contributed by atoms with Crippen molar-refractivity contribution < 1.29 is 29.2 Å². The number of nitrogens with one attached hydrogen (secondary N) is 3. The van der Waals surface area contributed by atoms with Crippen LogP contribution in [0.4, 0.5) is 0 Å². The number of rotatable bonds is 11. The van der Waals surface area contributed by atoms with Crippen molar-refractivity contribution in [3.05, 3.63) is 29.8 Å². The van der Waals surface area contributed by atoms with Gasteiger partial charge in [-0.3, -0.25) is 14.4 Å². The molecule has 1 rings (SSSR count). The van der Waals surface area contributed by atoms with Crippen molar-refractivity contribution in [2.45, 2.75) is 13.3 Å². The Morgan fingerprint density at radius 2 is 1.54 bits per heavy atom. The molecule has 0 saturated heterocycles. The van der Waals surface area contributed by atoms with Crippen molar-refractivity contribution in [1.82, 2.24) is 16.0 Å². The molecule has 0 saturated carbocycles. The molecule has 1 aromatic rings. The first-order valence-electron chi connectivity index (χ1n) is 8.29. The number of benzene rings is 1. The van der Waals surface area contributed by atoms with E-state index in [0.29, 0.717) is 37.1 Å². The van der Waals surface area contributed by atoms with Crippen molar-refractivity contribution in [2.75, 3.05) is 32.8 Å². The smallest absolute Gasteiger partial charge is 0.423 e. The van der Waals surface area contributed by atoms with Gasteiger partial charge in [-0.1, -0.05) is 12.1 Å². The average Bonchev–Trinajstić information content (AvgIpc) is 2.61. The monoisotopic (exact) mass is 365 g/mol. The fourth-order valence-corrected chi connectivity index (χ4v) is 1.96. The molecule has 0 heterocycles. The number of carbonyl (C=O) groups is 3. The highest BCUT2D eigenvalue weighted by Crippen LogP contribution is 1.97. The average molecular weight is 365 g/mol. The van der Waals surface area contributed by atoms with Crippen LogP contribution >= 0.6 is 0 Å². The molecule has 9 nitrogen and oxygen atoms in total. The number of ether oxygens (including phenoxy) is 1. The highest BCUT2D eigenvalue weighted by atomic mass is 16.5. The summed E-state index contributed by atoms with van der Waals surface area (Å²) in [4.78, 5) is 34.5. The van der Waals surface area contributed by atoms with E-state index >= 15 is 0 Å². The largest absolute Gasteiger partial charge is 0.488 e. The number of carbonyl (C=O) groups excluding carboxylic acids is 3. The lowest BCUT2D eigenvalue weighted by Crippen LogP contribution is -2.34. The molecule has 0 aliphatic heterocycles. The Hall–Kier alpha value is -2.43. The molecule has 5 N–H and O–H groups in total. The number of hydrogen-bond donors (Lipinski definition) is 5. The maximum Gasteiger partial charge on any atom is 0.488 e. The van der Waals surface area contributed by atoms with E-state index in [2.05, 4.69) is 16.0 Å². The van der Waals surface area contributed by atoms with Gasteiger partial charge in [-0.25, -0.2) is 0 Å². The van der Waals surface area contributed by atoms with E-state index in [1.54, 1.807) is 6.92 Å². The summed E-state index contributed by atoms with van der Waals surface area (Å²) in [5.74, 6) is -0.899. The maximum atomic E-state index is 11.9. The molecule has 142 valence electrons. The number of likely N-dealkylation sites (N-methyl/N-ethyl adjacent to an activating group) is 1. The fourth-order valence-electron chi connectivity index (χ4n) is 1.96. The summed E-state index contributed by atoms with van der Waals surface area (Å²) >= 11 is 0. The van der Waals surface area contributed by atoms with Gasteiger partial charge in [-0.05, 0) is 30.9 Å². The van der Waals surface area contributed by atoms with E-state index in [1.165, 1.54) is 24.3 Å². The molecule has 26 heavy (non-hydrogen) atoms. The van der Waals surface area contributed by atoms with Crippen molar-refractivity contribution in [3.63, 3.8) is 0 Å². The predicted molar refractivity (Wildman–Crippen MR) is 95.7 cm³/mol. The Labute approximate surface area is 152 Å². The van der Waals surface area contributed by atoms with Crippen LogP contribution in [-0.4, -0.2) is 67.7 Å². The number of hydrogen-bond acceptors (Lipinski definition) is 6. The minimum absolute atomic E-state index is 0.163. The molecular weight excluding hydrogens is 341 g/mol. The predicted octanol–water partition coefficient (Wildman–Crippen LogP) is -2.24. The van der Waals surface area contributed by atoms with Gasteiger partial charge in [0.25, 0.3) is 5.91 Å². The Balaban J connectivity index is 2.13. The molecule has 0 radical (unpaired) electrons. The van der Waals surface area contributed by atoms with Gasteiger partial charge in [0, 0.05) is 25.2 Å². The standard InChI is InChI=1S/C16H24BN3O6/c1-2-18-14(21)10-26-11-15(22)19-8-3-9-20-16(23)12-4-6-13(7-5-12)17(24)25/h4-7,24-25H,2-3,8-11H2,1H3,(H,18,21)(H,19,22)(H,20,23). The van der Waals surface area contributed by atoms with E-state index < -0.39 is 7.12 Å². The highest BCUT2D eigenvalue weighted by Gasteiger charge is 2.11. The zero-order valence-electron chi connectivity index (χ0n) is 14.7. The van der Waals surface area contributed by atoms with E-state index in [0.717, 1.165) is 0 Å². The molecular formula is C16H24BN3O6. The Bertz CT molecular complexity index is 594. The molecule has 0 bridgehead atoms. The lowest BCUT2D eigenvalue weighted by Gasteiger charge is -2.08. The van der Waals surface area contributed by atoms with Gasteiger partial charge in [-0.15, -0.1) is 0 Å². The van der Waals surface area contributed by atoms with Crippen LogP contribution in [0.5, 0.6) is 0 Å². The van der Waals surface area contributed by atoms with Gasteiger partial charge in [0.15, 0.2) is 0 Å². The summed E-state index contributed by atoms with van der Waals surface area (Å²) in [6, 6.07) is 5.91. The maximum absolute atomic E-state index is 11.9. The molecule has 0 aliphatic carbocycles. The van der Waals surface area contributed by atoms with Gasteiger partial charge >= 0.3 is 7.12 Å². The zero-order valence-corrected chi connectivity index (χ0v) is 14.7. The molecule has 3 amide bonds. The minimum Gasteiger partial charge on any atom is -0.423 e. The molecule has 0 spiro atoms. The molecule has 0 aliphatic rings. The molecule has 10 heteroatoms. The quantitative estimate of drug-likeness (QED) is 0.222. The fraction of sp³-hybridized carbons (Fsp3) is 0.438. The second-order valence-corrected chi connectivity index (χ2v) is 5.40. The SMILES string of the molecule is CCNC(=O)COCC(=O)NCCCNC(=O)c1ccc(B(O)O)cc1. The van der Waals surface area contributed by atoms with Crippen LogP contribution in [0.3, 0.4) is 0 Å². The number of amides is 3. The third-order valence-corrected chi connectivity index (χ3v) is 3.27. The first kappa shape index (κ1) is 21.6. The molecule has 1 aromatic carbocycles. The van der Waals surface area contributed by atoms with Crippen molar-refractivity contribution >= 4 is 30.3 Å². The highest BCUT2D eigenvalue weighted by molar-refractivity contribution is 6.58. The summed E-state index contributed by atoms with van der Waals surface area (Å²) < 4.78 is 4.96. The zero-order chi connectivity index (χ0) is 19.4. The lowest BCUT2D eigenvalue weighted by atomic mass is 9.80. The van der Waals surface area contributed by atoms with Crippen LogP contribution in [-0.2, 0) is 14.3 Å². The topological polar surface area (TPSA) is 137 Å². The van der Waals surface area contributed by atoms with Gasteiger partial charge in [0.05, 0.1) is 0 Å². The molecule has 0 unspecified atom stereocenters. The van der Waals surface area contributed by atoms with Gasteiger partial charge in [0.1, 0.15) is 13.2 Å². The summed E-state index contributed by atoms with van der Waals surface area (Å²) in [6.07, 6.45) is 0.529. The first-order chi connectivity index (χ1) is 12.4. The summed E-state index contributed by atoms with van der Waals surface area (Å²) in [5.41, 5.74) is 0.704. The van der Waals surface area contributed by atoms with Gasteiger partial charge in [0.2, 0.25) is 11.8 Å². The van der Waals surface area contributed by atoms with Gasteiger partial charge < -0.3 is 30.7 Å². The lowest BCUT2D eigenvalue weighted by molar-refractivity contribution is -0.130. The van der Waals surface area contributed by atoms with E-state index in [1.807, 2.05) is 0 Å². The third kappa shape index (κ3) is 8.61. The second kappa shape index (κ2) is 12.0. The van der Waals surface area contributed by atoms with Crippen molar-refractivity contribution in [3.8, 4) is 0 Å². The van der Waals surface area contributed by atoms with Crippen molar-refractivity contribution in [2.24, 2.45) is 0 Å². The molecule has 0 aromatic heterocycles. The Morgan fingerprint density at radius 1 is 0.962 bits per heavy atom. The third-order valence-electron chi connectivity index (χ3n) is 3.27. The molecule has 0 fully saturated rings.